The molecule has 2 aromatic rings. The minimum absolute atomic E-state index is 0.138. The lowest BCUT2D eigenvalue weighted by Gasteiger charge is -2.11. The minimum Gasteiger partial charge on any atom is -0.388 e. The minimum atomic E-state index is -0.473. The van der Waals surface area contributed by atoms with Gasteiger partial charge in [-0.3, -0.25) is 4.79 Å². The molecular formula is C15H13BrClFN2O. The Labute approximate surface area is 135 Å². The fourth-order valence-corrected chi connectivity index (χ4v) is 2.83. The van der Waals surface area contributed by atoms with Crippen LogP contribution in [-0.4, -0.2) is 13.0 Å². The Bertz CT molecular complexity index is 683. The lowest BCUT2D eigenvalue weighted by atomic mass is 10.1. The molecule has 0 aliphatic carbocycles. The standard InChI is InChI=1S/C15H13BrClFN2O/c1-8-5-9(3-4-13(8)19-2)15(21)20-14-11(16)6-10(18)7-12(14)17/h3-7,19H,1-2H3,(H,20,21). The van der Waals surface area contributed by atoms with Crippen LogP contribution in [0.15, 0.2) is 34.8 Å². The molecule has 0 fully saturated rings. The van der Waals surface area contributed by atoms with Gasteiger partial charge in [0.25, 0.3) is 5.91 Å². The summed E-state index contributed by atoms with van der Waals surface area (Å²) in [5, 5.41) is 5.85. The Hall–Kier alpha value is -1.59. The number of anilines is 2. The number of nitrogens with one attached hydrogen (secondary N) is 2. The first-order chi connectivity index (χ1) is 9.92. The molecule has 3 nitrogen and oxygen atoms in total. The molecule has 0 radical (unpaired) electrons. The van der Waals surface area contributed by atoms with Crippen molar-refractivity contribution in [3.8, 4) is 0 Å². The Kier molecular flexibility index (Phi) is 4.85. The summed E-state index contributed by atoms with van der Waals surface area (Å²) in [5.74, 6) is -0.783. The highest BCUT2D eigenvalue weighted by Gasteiger charge is 2.13. The number of carbonyl (C=O) groups is 1. The summed E-state index contributed by atoms with van der Waals surface area (Å²) in [6, 6.07) is 7.70. The van der Waals surface area contributed by atoms with E-state index in [1.54, 1.807) is 12.1 Å². The predicted molar refractivity (Wildman–Crippen MR) is 87.8 cm³/mol. The number of aryl methyl sites for hydroxylation is 1. The van der Waals surface area contributed by atoms with E-state index in [2.05, 4.69) is 26.6 Å². The van der Waals surface area contributed by atoms with Crippen molar-refractivity contribution in [2.24, 2.45) is 0 Å². The third-order valence-corrected chi connectivity index (χ3v) is 3.93. The molecule has 0 saturated heterocycles. The molecule has 0 spiro atoms. The maximum atomic E-state index is 13.2. The van der Waals surface area contributed by atoms with Gasteiger partial charge in [0.15, 0.2) is 0 Å². The van der Waals surface area contributed by atoms with Crippen molar-refractivity contribution in [1.29, 1.82) is 0 Å². The molecule has 0 saturated carbocycles. The fraction of sp³-hybridized carbons (Fsp3) is 0.133. The van der Waals surface area contributed by atoms with Crippen molar-refractivity contribution >= 4 is 44.8 Å². The van der Waals surface area contributed by atoms with E-state index in [0.29, 0.717) is 15.7 Å². The molecule has 21 heavy (non-hydrogen) atoms. The highest BCUT2D eigenvalue weighted by Crippen LogP contribution is 2.32. The number of rotatable bonds is 3. The van der Waals surface area contributed by atoms with Crippen LogP contribution in [0.25, 0.3) is 0 Å². The van der Waals surface area contributed by atoms with E-state index < -0.39 is 5.82 Å². The van der Waals surface area contributed by atoms with Gasteiger partial charge in [-0.2, -0.15) is 0 Å². The molecule has 0 heterocycles. The van der Waals surface area contributed by atoms with E-state index in [9.17, 15) is 9.18 Å². The highest BCUT2D eigenvalue weighted by molar-refractivity contribution is 9.10. The molecule has 0 aliphatic heterocycles. The highest BCUT2D eigenvalue weighted by atomic mass is 79.9. The molecular weight excluding hydrogens is 359 g/mol. The van der Waals surface area contributed by atoms with Crippen LogP contribution in [0.5, 0.6) is 0 Å². The number of hydrogen-bond donors (Lipinski definition) is 2. The van der Waals surface area contributed by atoms with Gasteiger partial charge in [0, 0.05) is 22.8 Å². The molecule has 0 unspecified atom stereocenters. The van der Waals surface area contributed by atoms with Gasteiger partial charge in [-0.05, 0) is 58.7 Å². The monoisotopic (exact) mass is 370 g/mol. The number of benzene rings is 2. The number of amides is 1. The van der Waals surface area contributed by atoms with Crippen LogP contribution in [-0.2, 0) is 0 Å². The lowest BCUT2D eigenvalue weighted by molar-refractivity contribution is 0.102. The van der Waals surface area contributed by atoms with E-state index in [1.165, 1.54) is 6.07 Å². The van der Waals surface area contributed by atoms with Gasteiger partial charge in [0.05, 0.1) is 10.7 Å². The Morgan fingerprint density at radius 3 is 2.57 bits per heavy atom. The lowest BCUT2D eigenvalue weighted by Crippen LogP contribution is -2.13. The summed E-state index contributed by atoms with van der Waals surface area (Å²) in [6.07, 6.45) is 0. The molecule has 0 aromatic heterocycles. The normalized spacial score (nSPS) is 10.3. The van der Waals surface area contributed by atoms with Crippen molar-refractivity contribution in [2.45, 2.75) is 6.92 Å². The average molecular weight is 372 g/mol. The predicted octanol–water partition coefficient (Wildman–Crippen LogP) is 4.84. The summed E-state index contributed by atoms with van der Waals surface area (Å²) in [6.45, 7) is 1.91. The number of carbonyl (C=O) groups excluding carboxylic acids is 1. The molecule has 2 N–H and O–H groups in total. The fourth-order valence-electron chi connectivity index (χ4n) is 1.93. The summed E-state index contributed by atoms with van der Waals surface area (Å²) in [5.41, 5.74) is 2.75. The molecule has 0 aliphatic rings. The number of hydrogen-bond acceptors (Lipinski definition) is 2. The van der Waals surface area contributed by atoms with E-state index in [1.807, 2.05) is 20.0 Å². The molecule has 110 valence electrons. The third-order valence-electron chi connectivity index (χ3n) is 3.00. The summed E-state index contributed by atoms with van der Waals surface area (Å²) < 4.78 is 13.6. The molecule has 2 rings (SSSR count). The summed E-state index contributed by atoms with van der Waals surface area (Å²) in [4.78, 5) is 12.3. The van der Waals surface area contributed by atoms with Crippen molar-refractivity contribution < 1.29 is 9.18 Å². The maximum absolute atomic E-state index is 13.2. The smallest absolute Gasteiger partial charge is 0.255 e. The third kappa shape index (κ3) is 3.54. The zero-order chi connectivity index (χ0) is 15.6. The van der Waals surface area contributed by atoms with Gasteiger partial charge in [-0.1, -0.05) is 11.6 Å². The molecule has 0 atom stereocenters. The van der Waals surface area contributed by atoms with E-state index in [0.717, 1.165) is 17.3 Å². The van der Waals surface area contributed by atoms with Gasteiger partial charge in [0.1, 0.15) is 5.82 Å². The van der Waals surface area contributed by atoms with Crippen LogP contribution < -0.4 is 10.6 Å². The van der Waals surface area contributed by atoms with Crippen molar-refractivity contribution in [3.05, 3.63) is 56.8 Å². The first-order valence-corrected chi connectivity index (χ1v) is 7.33. The van der Waals surface area contributed by atoms with Crippen LogP contribution in [0.3, 0.4) is 0 Å². The van der Waals surface area contributed by atoms with E-state index >= 15 is 0 Å². The van der Waals surface area contributed by atoms with Crippen LogP contribution in [0, 0.1) is 12.7 Å². The zero-order valence-corrected chi connectivity index (χ0v) is 13.8. The molecule has 6 heteroatoms. The van der Waals surface area contributed by atoms with Crippen LogP contribution >= 0.6 is 27.5 Å². The first kappa shape index (κ1) is 15.8. The van der Waals surface area contributed by atoms with Gasteiger partial charge < -0.3 is 10.6 Å². The molecule has 1 amide bonds. The molecule has 0 bridgehead atoms. The topological polar surface area (TPSA) is 41.1 Å². The Morgan fingerprint density at radius 2 is 2.00 bits per heavy atom. The summed E-state index contributed by atoms with van der Waals surface area (Å²) >= 11 is 9.14. The maximum Gasteiger partial charge on any atom is 0.255 e. The summed E-state index contributed by atoms with van der Waals surface area (Å²) in [7, 11) is 1.82. The second-order valence-corrected chi connectivity index (χ2v) is 5.74. The second kappa shape index (κ2) is 6.45. The number of halogens is 3. The quantitative estimate of drug-likeness (QED) is 0.810. The Morgan fingerprint density at radius 1 is 1.29 bits per heavy atom. The van der Waals surface area contributed by atoms with Crippen LogP contribution in [0.4, 0.5) is 15.8 Å². The van der Waals surface area contributed by atoms with Crippen molar-refractivity contribution in [1.82, 2.24) is 0 Å². The second-order valence-electron chi connectivity index (χ2n) is 4.48. The van der Waals surface area contributed by atoms with Crippen molar-refractivity contribution in [3.63, 3.8) is 0 Å². The van der Waals surface area contributed by atoms with Crippen LogP contribution in [0.1, 0.15) is 15.9 Å². The van der Waals surface area contributed by atoms with Gasteiger partial charge in [-0.25, -0.2) is 4.39 Å². The van der Waals surface area contributed by atoms with E-state index in [4.69, 9.17) is 11.6 Å². The van der Waals surface area contributed by atoms with Gasteiger partial charge >= 0.3 is 0 Å². The Balaban J connectivity index is 2.28. The van der Waals surface area contributed by atoms with Gasteiger partial charge in [-0.15, -0.1) is 0 Å². The van der Waals surface area contributed by atoms with Gasteiger partial charge in [0.2, 0.25) is 0 Å². The van der Waals surface area contributed by atoms with Crippen LogP contribution in [0.2, 0.25) is 5.02 Å². The SMILES string of the molecule is CNc1ccc(C(=O)Nc2c(Cl)cc(F)cc2Br)cc1C. The first-order valence-electron chi connectivity index (χ1n) is 6.16. The molecule has 2 aromatic carbocycles. The zero-order valence-electron chi connectivity index (χ0n) is 11.4. The largest absolute Gasteiger partial charge is 0.388 e. The van der Waals surface area contributed by atoms with Crippen molar-refractivity contribution in [2.75, 3.05) is 17.7 Å². The average Bonchev–Trinajstić information content (AvgIpc) is 2.42. The van der Waals surface area contributed by atoms with E-state index in [-0.39, 0.29) is 10.9 Å².